The van der Waals surface area contributed by atoms with Crippen molar-refractivity contribution in [1.82, 2.24) is 4.90 Å². The zero-order chi connectivity index (χ0) is 10.6. The van der Waals surface area contributed by atoms with E-state index in [4.69, 9.17) is 4.21 Å². The molecule has 0 spiro atoms. The summed E-state index contributed by atoms with van der Waals surface area (Å²) in [6, 6.07) is 0. The van der Waals surface area contributed by atoms with Crippen LogP contribution in [0.15, 0.2) is 0 Å². The third kappa shape index (κ3) is 2.72. The first kappa shape index (κ1) is 11.9. The van der Waals surface area contributed by atoms with E-state index in [9.17, 15) is 22.8 Å². The summed E-state index contributed by atoms with van der Waals surface area (Å²) in [5.41, 5.74) is 0. The summed E-state index contributed by atoms with van der Waals surface area (Å²) < 4.78 is 43.1. The highest BCUT2D eigenvalue weighted by atomic mass is 32.1. The minimum absolute atomic E-state index is 0.335. The lowest BCUT2D eigenvalue weighted by Crippen LogP contribution is -2.41. The number of hydrogen-bond acceptors (Lipinski definition) is 4. The van der Waals surface area contributed by atoms with Crippen molar-refractivity contribution in [1.29, 1.82) is 0 Å². The minimum atomic E-state index is -4.84. The van der Waals surface area contributed by atoms with Crippen LogP contribution in [0.1, 0.15) is 12.8 Å². The number of nitrogens with zero attached hydrogens (tertiary/aromatic N) is 1. The molecule has 0 aromatic rings. The third-order valence-electron chi connectivity index (χ3n) is 1.31. The molecule has 1 aliphatic heterocycles. The number of alkyl halides is 3. The Morgan fingerprint density at radius 3 is 1.54 bits per heavy atom. The maximum Gasteiger partial charge on any atom is 0.493 e. The van der Waals surface area contributed by atoms with Gasteiger partial charge in [-0.05, 0) is 0 Å². The number of imide groups is 1. The molecule has 0 aromatic heterocycles. The zero-order valence-corrected chi connectivity index (χ0v) is 6.94. The van der Waals surface area contributed by atoms with Crippen molar-refractivity contribution in [2.45, 2.75) is 19.1 Å². The summed E-state index contributed by atoms with van der Waals surface area (Å²) in [7, 11) is 0. The molecular formula is C5H4F3NO3S. The predicted octanol–water partition coefficient (Wildman–Crippen LogP) is 0.319. The van der Waals surface area contributed by atoms with Crippen molar-refractivity contribution in [3.05, 3.63) is 0 Å². The molecule has 0 atom stereocenters. The van der Waals surface area contributed by atoms with Gasteiger partial charge in [0.2, 0.25) is 11.8 Å². The van der Waals surface area contributed by atoms with Gasteiger partial charge in [0.05, 0.1) is 0 Å². The van der Waals surface area contributed by atoms with E-state index < -0.39 is 23.0 Å². The molecule has 4 nitrogen and oxygen atoms in total. The van der Waals surface area contributed by atoms with Crippen LogP contribution in [-0.2, 0) is 22.1 Å². The highest BCUT2D eigenvalue weighted by Gasteiger charge is 2.48. The third-order valence-corrected chi connectivity index (χ3v) is 1.31. The quantitative estimate of drug-likeness (QED) is 0.431. The molecule has 1 fully saturated rings. The lowest BCUT2D eigenvalue weighted by molar-refractivity contribution is -0.232. The molecule has 8 heteroatoms. The Labute approximate surface area is 76.2 Å². The first-order valence-corrected chi connectivity index (χ1v) is 3.35. The second-order valence-electron chi connectivity index (χ2n) is 2.09. The highest BCUT2D eigenvalue weighted by molar-refractivity contribution is 7.44. The first-order valence-electron chi connectivity index (χ1n) is 3.02. The second kappa shape index (κ2) is 4.26. The number of halogens is 3. The Morgan fingerprint density at radius 2 is 1.38 bits per heavy atom. The maximum atomic E-state index is 11.7. The molecule has 0 unspecified atom stereocenters. The summed E-state index contributed by atoms with van der Waals surface area (Å²) in [6.07, 6.45) is -5.51. The SMILES string of the molecule is O=C1CCC(=O)N1C(F)(F)F.O=S. The zero-order valence-electron chi connectivity index (χ0n) is 6.13. The van der Waals surface area contributed by atoms with Gasteiger partial charge < -0.3 is 0 Å². The van der Waals surface area contributed by atoms with Crippen LogP contribution in [-0.4, -0.2) is 27.2 Å². The Balaban J connectivity index is 0.000000671. The molecule has 0 aromatic carbocycles. The number of carbonyl (C=O) groups is 2. The van der Waals surface area contributed by atoms with Gasteiger partial charge in [-0.2, -0.15) is 9.11 Å². The van der Waals surface area contributed by atoms with E-state index in [1.165, 1.54) is 0 Å². The Kier molecular flexibility index (Phi) is 3.92. The van der Waals surface area contributed by atoms with Crippen molar-refractivity contribution >= 4 is 24.3 Å². The second-order valence-corrected chi connectivity index (χ2v) is 2.09. The molecule has 1 heterocycles. The lowest BCUT2D eigenvalue weighted by Gasteiger charge is -2.16. The molecule has 2 amide bonds. The van der Waals surface area contributed by atoms with Gasteiger partial charge in [0.1, 0.15) is 0 Å². The Hall–Kier alpha value is -1.05. The van der Waals surface area contributed by atoms with Crippen LogP contribution in [0.2, 0.25) is 0 Å². The molecular weight excluding hydrogens is 211 g/mol. The van der Waals surface area contributed by atoms with E-state index in [0.29, 0.717) is 0 Å². The summed E-state index contributed by atoms with van der Waals surface area (Å²) in [5, 5.41) is 0. The van der Waals surface area contributed by atoms with E-state index in [0.717, 1.165) is 0 Å². The van der Waals surface area contributed by atoms with Crippen LogP contribution in [0.4, 0.5) is 13.2 Å². The van der Waals surface area contributed by atoms with Crippen LogP contribution >= 0.6 is 0 Å². The van der Waals surface area contributed by atoms with Crippen LogP contribution < -0.4 is 0 Å². The summed E-state index contributed by atoms with van der Waals surface area (Å²) >= 11 is 2.83. The molecule has 0 aliphatic carbocycles. The summed E-state index contributed by atoms with van der Waals surface area (Å²) in [4.78, 5) is 20.2. The molecule has 74 valence electrons. The smallest absolute Gasteiger partial charge is 0.274 e. The number of rotatable bonds is 0. The van der Waals surface area contributed by atoms with Crippen molar-refractivity contribution < 1.29 is 27.0 Å². The molecule has 0 saturated carbocycles. The molecule has 13 heavy (non-hydrogen) atoms. The van der Waals surface area contributed by atoms with E-state index >= 15 is 0 Å². The van der Waals surface area contributed by atoms with Crippen molar-refractivity contribution in [2.75, 3.05) is 0 Å². The minimum Gasteiger partial charge on any atom is -0.274 e. The van der Waals surface area contributed by atoms with E-state index in [1.54, 1.807) is 0 Å². The Morgan fingerprint density at radius 1 is 1.08 bits per heavy atom. The summed E-state index contributed by atoms with van der Waals surface area (Å²) in [6.45, 7) is 0. The van der Waals surface area contributed by atoms with Gasteiger partial charge in [-0.1, -0.05) is 0 Å². The monoisotopic (exact) mass is 215 g/mol. The van der Waals surface area contributed by atoms with Gasteiger partial charge in [-0.15, -0.1) is 13.2 Å². The van der Waals surface area contributed by atoms with Crippen LogP contribution in [0, 0.1) is 0 Å². The topological polar surface area (TPSA) is 54.5 Å². The highest BCUT2D eigenvalue weighted by Crippen LogP contribution is 2.27. The standard InChI is InChI=1S/C5H4F3NO2.OS/c6-5(7,8)9-3(10)1-2-4(9)11;1-2/h1-2H2;. The maximum absolute atomic E-state index is 11.7. The van der Waals surface area contributed by atoms with Crippen molar-refractivity contribution in [3.63, 3.8) is 0 Å². The molecule has 1 rings (SSSR count). The van der Waals surface area contributed by atoms with Gasteiger partial charge in [-0.25, -0.2) is 0 Å². The fourth-order valence-electron chi connectivity index (χ4n) is 0.859. The normalized spacial score (nSPS) is 17.0. The molecule has 1 aliphatic rings. The molecule has 0 radical (unpaired) electrons. The average Bonchev–Trinajstić information content (AvgIpc) is 2.33. The van der Waals surface area contributed by atoms with Crippen LogP contribution in [0.3, 0.4) is 0 Å². The Bertz CT molecular complexity index is 214. The predicted molar refractivity (Wildman–Crippen MR) is 35.3 cm³/mol. The van der Waals surface area contributed by atoms with Gasteiger partial charge in [0, 0.05) is 12.8 Å². The van der Waals surface area contributed by atoms with E-state index in [1.807, 2.05) is 0 Å². The van der Waals surface area contributed by atoms with Gasteiger partial charge in [0.25, 0.3) is 0 Å². The van der Waals surface area contributed by atoms with Gasteiger partial charge in [0.15, 0.2) is 12.5 Å². The summed E-state index contributed by atoms with van der Waals surface area (Å²) in [5.74, 6) is -2.33. The fourth-order valence-corrected chi connectivity index (χ4v) is 0.859. The number of hydrogen-bond donors (Lipinski definition) is 0. The molecule has 0 N–H and O–H groups in total. The van der Waals surface area contributed by atoms with Crippen LogP contribution in [0.25, 0.3) is 0 Å². The number of amides is 2. The molecule has 1 saturated heterocycles. The van der Waals surface area contributed by atoms with Gasteiger partial charge in [-0.3, -0.25) is 9.59 Å². The largest absolute Gasteiger partial charge is 0.493 e. The van der Waals surface area contributed by atoms with E-state index in [-0.39, 0.29) is 12.8 Å². The number of likely N-dealkylation sites (tertiary alicyclic amines) is 1. The fraction of sp³-hybridized carbons (Fsp3) is 0.600. The van der Waals surface area contributed by atoms with Crippen molar-refractivity contribution in [2.24, 2.45) is 0 Å². The van der Waals surface area contributed by atoms with Gasteiger partial charge >= 0.3 is 6.30 Å². The van der Waals surface area contributed by atoms with E-state index in [2.05, 4.69) is 12.5 Å². The lowest BCUT2D eigenvalue weighted by atomic mass is 10.4. The first-order chi connectivity index (χ1) is 5.93. The van der Waals surface area contributed by atoms with Crippen molar-refractivity contribution in [3.8, 4) is 0 Å². The molecule has 0 bridgehead atoms. The average molecular weight is 215 g/mol. The number of carbonyl (C=O) groups excluding carboxylic acids is 2. The van der Waals surface area contributed by atoms with Crippen LogP contribution in [0.5, 0.6) is 0 Å².